The highest BCUT2D eigenvalue weighted by Gasteiger charge is 2.49. The van der Waals surface area contributed by atoms with Crippen molar-refractivity contribution in [2.45, 2.75) is 12.8 Å². The molecule has 0 aromatic heterocycles. The Morgan fingerprint density at radius 1 is 1.40 bits per heavy atom. The minimum atomic E-state index is -1.07. The standard InChI is InChI=1S/C11H11F2NO/c12-8-3-1-2-7(9(8)13)10(15)11(6-14)4-5-11/h1-3H,4-6,14H2. The molecule has 2 rings (SSSR count). The van der Waals surface area contributed by atoms with Crippen LogP contribution < -0.4 is 5.73 Å². The molecule has 2 nitrogen and oxygen atoms in total. The number of halogens is 2. The van der Waals surface area contributed by atoms with Crippen molar-refractivity contribution in [1.82, 2.24) is 0 Å². The Morgan fingerprint density at radius 2 is 2.07 bits per heavy atom. The van der Waals surface area contributed by atoms with Gasteiger partial charge < -0.3 is 5.73 Å². The maximum absolute atomic E-state index is 13.3. The molecule has 1 saturated carbocycles. The van der Waals surface area contributed by atoms with Crippen LogP contribution in [-0.2, 0) is 0 Å². The van der Waals surface area contributed by atoms with Crippen LogP contribution in [0.1, 0.15) is 23.2 Å². The van der Waals surface area contributed by atoms with E-state index < -0.39 is 17.0 Å². The van der Waals surface area contributed by atoms with Gasteiger partial charge in [-0.3, -0.25) is 4.79 Å². The summed E-state index contributed by atoms with van der Waals surface area (Å²) >= 11 is 0. The molecule has 4 heteroatoms. The van der Waals surface area contributed by atoms with Gasteiger partial charge in [0, 0.05) is 12.0 Å². The Morgan fingerprint density at radius 3 is 2.60 bits per heavy atom. The summed E-state index contributed by atoms with van der Waals surface area (Å²) in [4.78, 5) is 11.8. The molecular formula is C11H11F2NO. The monoisotopic (exact) mass is 211 g/mol. The lowest BCUT2D eigenvalue weighted by molar-refractivity contribution is 0.0900. The van der Waals surface area contributed by atoms with Crippen LogP contribution in [0, 0.1) is 17.0 Å². The first kappa shape index (κ1) is 10.2. The minimum Gasteiger partial charge on any atom is -0.329 e. The van der Waals surface area contributed by atoms with E-state index in [1.807, 2.05) is 0 Å². The Balaban J connectivity index is 2.38. The molecule has 0 heterocycles. The summed E-state index contributed by atoms with van der Waals surface area (Å²) in [5.74, 6) is -2.43. The Kier molecular flexibility index (Phi) is 2.31. The van der Waals surface area contributed by atoms with Gasteiger partial charge in [-0.1, -0.05) is 6.07 Å². The number of carbonyl (C=O) groups is 1. The van der Waals surface area contributed by atoms with E-state index in [0.717, 1.165) is 6.07 Å². The second-order valence-electron chi connectivity index (χ2n) is 3.91. The smallest absolute Gasteiger partial charge is 0.173 e. The van der Waals surface area contributed by atoms with Crippen molar-refractivity contribution in [3.05, 3.63) is 35.4 Å². The quantitative estimate of drug-likeness (QED) is 0.776. The molecule has 0 bridgehead atoms. The van der Waals surface area contributed by atoms with Crippen LogP contribution in [0.15, 0.2) is 18.2 Å². The average Bonchev–Trinajstić information content (AvgIpc) is 3.02. The van der Waals surface area contributed by atoms with Gasteiger partial charge in [-0.05, 0) is 25.0 Å². The SMILES string of the molecule is NCC1(C(=O)c2cccc(F)c2F)CC1. The molecule has 0 aliphatic heterocycles. The van der Waals surface area contributed by atoms with Crippen LogP contribution in [0.4, 0.5) is 8.78 Å². The van der Waals surface area contributed by atoms with Crippen molar-refractivity contribution in [1.29, 1.82) is 0 Å². The molecule has 1 fully saturated rings. The lowest BCUT2D eigenvalue weighted by Gasteiger charge is -2.11. The van der Waals surface area contributed by atoms with E-state index in [1.165, 1.54) is 12.1 Å². The maximum Gasteiger partial charge on any atom is 0.173 e. The molecule has 80 valence electrons. The molecular weight excluding hydrogens is 200 g/mol. The van der Waals surface area contributed by atoms with Crippen molar-refractivity contribution in [2.75, 3.05) is 6.54 Å². The third kappa shape index (κ3) is 1.55. The fraction of sp³-hybridized carbons (Fsp3) is 0.364. The molecule has 0 radical (unpaired) electrons. The Hall–Kier alpha value is -1.29. The van der Waals surface area contributed by atoms with Gasteiger partial charge in [-0.25, -0.2) is 8.78 Å². The average molecular weight is 211 g/mol. The van der Waals surface area contributed by atoms with Crippen molar-refractivity contribution in [2.24, 2.45) is 11.1 Å². The minimum absolute atomic E-state index is 0.182. The van der Waals surface area contributed by atoms with Crippen LogP contribution in [0.5, 0.6) is 0 Å². The van der Waals surface area contributed by atoms with Gasteiger partial charge >= 0.3 is 0 Å². The van der Waals surface area contributed by atoms with E-state index in [-0.39, 0.29) is 17.9 Å². The zero-order chi connectivity index (χ0) is 11.1. The third-order valence-electron chi connectivity index (χ3n) is 2.92. The molecule has 0 amide bonds. The topological polar surface area (TPSA) is 43.1 Å². The molecule has 1 aromatic carbocycles. The molecule has 1 aliphatic carbocycles. The van der Waals surface area contributed by atoms with E-state index in [1.54, 1.807) is 0 Å². The first-order chi connectivity index (χ1) is 7.10. The molecule has 0 atom stereocenters. The summed E-state index contributed by atoms with van der Waals surface area (Å²) in [5.41, 5.74) is 4.65. The highest BCUT2D eigenvalue weighted by Crippen LogP contribution is 2.47. The first-order valence-corrected chi connectivity index (χ1v) is 4.80. The number of Topliss-reactive ketones (excluding diaryl/α,β-unsaturated/α-hetero) is 1. The molecule has 0 unspecified atom stereocenters. The number of hydrogen-bond acceptors (Lipinski definition) is 2. The lowest BCUT2D eigenvalue weighted by atomic mass is 9.94. The summed E-state index contributed by atoms with van der Waals surface area (Å²) < 4.78 is 26.2. The van der Waals surface area contributed by atoms with Crippen LogP contribution in [0.25, 0.3) is 0 Å². The van der Waals surface area contributed by atoms with Crippen LogP contribution in [-0.4, -0.2) is 12.3 Å². The number of ketones is 1. The number of carbonyl (C=O) groups excluding carboxylic acids is 1. The number of nitrogens with two attached hydrogens (primary N) is 1. The van der Waals surface area contributed by atoms with Crippen molar-refractivity contribution in [3.63, 3.8) is 0 Å². The maximum atomic E-state index is 13.3. The molecule has 0 saturated heterocycles. The van der Waals surface area contributed by atoms with E-state index in [2.05, 4.69) is 0 Å². The second-order valence-corrected chi connectivity index (χ2v) is 3.91. The van der Waals surface area contributed by atoms with Gasteiger partial charge in [-0.15, -0.1) is 0 Å². The van der Waals surface area contributed by atoms with Gasteiger partial charge in [0.1, 0.15) is 0 Å². The van der Waals surface area contributed by atoms with Gasteiger partial charge in [0.2, 0.25) is 0 Å². The summed E-state index contributed by atoms with van der Waals surface area (Å²) in [7, 11) is 0. The first-order valence-electron chi connectivity index (χ1n) is 4.80. The zero-order valence-corrected chi connectivity index (χ0v) is 8.09. The normalized spacial score (nSPS) is 17.5. The lowest BCUT2D eigenvalue weighted by Crippen LogP contribution is -2.26. The van der Waals surface area contributed by atoms with E-state index in [4.69, 9.17) is 5.73 Å². The van der Waals surface area contributed by atoms with Gasteiger partial charge in [-0.2, -0.15) is 0 Å². The summed E-state index contributed by atoms with van der Waals surface area (Å²) in [6, 6.07) is 3.63. The molecule has 2 N–H and O–H groups in total. The fourth-order valence-electron chi connectivity index (χ4n) is 1.64. The second kappa shape index (κ2) is 3.38. The molecule has 15 heavy (non-hydrogen) atoms. The van der Waals surface area contributed by atoms with Gasteiger partial charge in [0.25, 0.3) is 0 Å². The number of benzene rings is 1. The van der Waals surface area contributed by atoms with Crippen LogP contribution in [0.3, 0.4) is 0 Å². The van der Waals surface area contributed by atoms with E-state index >= 15 is 0 Å². The van der Waals surface area contributed by atoms with Crippen molar-refractivity contribution >= 4 is 5.78 Å². The predicted octanol–water partition coefficient (Wildman–Crippen LogP) is 1.89. The third-order valence-corrected chi connectivity index (χ3v) is 2.92. The fourth-order valence-corrected chi connectivity index (χ4v) is 1.64. The zero-order valence-electron chi connectivity index (χ0n) is 8.09. The van der Waals surface area contributed by atoms with Crippen molar-refractivity contribution in [3.8, 4) is 0 Å². The van der Waals surface area contributed by atoms with Gasteiger partial charge in [0.05, 0.1) is 5.56 Å². The van der Waals surface area contributed by atoms with Gasteiger partial charge in [0.15, 0.2) is 17.4 Å². The van der Waals surface area contributed by atoms with E-state index in [9.17, 15) is 13.6 Å². The summed E-state index contributed by atoms with van der Waals surface area (Å²) in [6.45, 7) is 0.196. The number of hydrogen-bond donors (Lipinski definition) is 1. The highest BCUT2D eigenvalue weighted by molar-refractivity contribution is 6.02. The van der Waals surface area contributed by atoms with E-state index in [0.29, 0.717) is 12.8 Å². The van der Waals surface area contributed by atoms with Crippen LogP contribution >= 0.6 is 0 Å². The largest absolute Gasteiger partial charge is 0.329 e. The Labute approximate surface area is 86.1 Å². The molecule has 0 spiro atoms. The molecule has 1 aliphatic rings. The summed E-state index contributed by atoms with van der Waals surface area (Å²) in [5, 5.41) is 0. The predicted molar refractivity (Wildman–Crippen MR) is 51.4 cm³/mol. The molecule has 1 aromatic rings. The highest BCUT2D eigenvalue weighted by atomic mass is 19.2. The summed E-state index contributed by atoms with van der Waals surface area (Å²) in [6.07, 6.45) is 1.33. The number of rotatable bonds is 3. The van der Waals surface area contributed by atoms with Crippen molar-refractivity contribution < 1.29 is 13.6 Å². The Bertz CT molecular complexity index is 413. The van der Waals surface area contributed by atoms with Crippen LogP contribution in [0.2, 0.25) is 0 Å².